The van der Waals surface area contributed by atoms with Crippen molar-refractivity contribution in [1.82, 2.24) is 0 Å². The monoisotopic (exact) mass is 859 g/mol. The minimum Gasteiger partial charge on any atom is -0.431 e. The van der Waals surface area contributed by atoms with E-state index in [0.717, 1.165) is 56.7 Å². The van der Waals surface area contributed by atoms with E-state index in [1.807, 2.05) is 0 Å². The van der Waals surface area contributed by atoms with Crippen molar-refractivity contribution in [2.24, 2.45) is 0 Å². The zero-order chi connectivity index (χ0) is 43.6. The fourth-order valence-electron chi connectivity index (χ4n) is 7.84. The average molecular weight is 859 g/mol. The van der Waals surface area contributed by atoms with Crippen LogP contribution in [0.15, 0.2) is 47.8 Å². The van der Waals surface area contributed by atoms with Gasteiger partial charge in [0.25, 0.3) is 10.1 Å². The molecule has 0 bridgehead atoms. The van der Waals surface area contributed by atoms with Crippen LogP contribution in [0.3, 0.4) is 0 Å². The number of rotatable bonds is 43. The van der Waals surface area contributed by atoms with Gasteiger partial charge in [0.15, 0.2) is 0 Å². The summed E-state index contributed by atoms with van der Waals surface area (Å²) in [6, 6.07) is 3.18. The zero-order valence-electron chi connectivity index (χ0n) is 38.7. The summed E-state index contributed by atoms with van der Waals surface area (Å²) in [6.45, 7) is 4.55. The summed E-state index contributed by atoms with van der Waals surface area (Å²) in [6.07, 6.45) is 55.3. The van der Waals surface area contributed by atoms with Gasteiger partial charge in [-0.15, -0.1) is 0 Å². The SMILES string of the molecule is CCCCCCCCCCCCCCCCCCCC/C=C/OC(=O)c1ccc(S(=O)(=O)O)cc1C(=O)O/C=C/CCCCCCCCCCCCCCCCCCCC. The van der Waals surface area contributed by atoms with Gasteiger partial charge in [0.05, 0.1) is 28.5 Å². The quantitative estimate of drug-likeness (QED) is 0.0302. The lowest BCUT2D eigenvalue weighted by atomic mass is 10.0. The lowest BCUT2D eigenvalue weighted by Crippen LogP contribution is -2.13. The Kier molecular flexibility index (Phi) is 37.6. The fourth-order valence-corrected chi connectivity index (χ4v) is 8.35. The van der Waals surface area contributed by atoms with Crippen molar-refractivity contribution in [2.75, 3.05) is 0 Å². The second kappa shape index (κ2) is 40.6. The van der Waals surface area contributed by atoms with Crippen LogP contribution in [-0.2, 0) is 19.6 Å². The Morgan fingerprint density at radius 3 is 0.983 bits per heavy atom. The summed E-state index contributed by atoms with van der Waals surface area (Å²) in [7, 11) is -4.60. The van der Waals surface area contributed by atoms with Gasteiger partial charge in [0.2, 0.25) is 0 Å². The number of hydrogen-bond donors (Lipinski definition) is 1. The number of benzene rings is 1. The molecule has 60 heavy (non-hydrogen) atoms. The largest absolute Gasteiger partial charge is 0.431 e. The summed E-state index contributed by atoms with van der Waals surface area (Å²) < 4.78 is 43.6. The molecule has 0 fully saturated rings. The molecular weight excluding hydrogens is 769 g/mol. The molecule has 1 aromatic rings. The molecule has 0 aliphatic rings. The van der Waals surface area contributed by atoms with Crippen molar-refractivity contribution in [3.63, 3.8) is 0 Å². The molecule has 0 atom stereocenters. The van der Waals surface area contributed by atoms with E-state index in [2.05, 4.69) is 13.8 Å². The van der Waals surface area contributed by atoms with E-state index < -0.39 is 27.0 Å². The molecule has 0 aromatic heterocycles. The van der Waals surface area contributed by atoms with E-state index in [4.69, 9.17) is 9.47 Å². The third kappa shape index (κ3) is 33.2. The fraction of sp³-hybridized carbons (Fsp3) is 0.769. The van der Waals surface area contributed by atoms with Gasteiger partial charge in [0, 0.05) is 0 Å². The van der Waals surface area contributed by atoms with Crippen LogP contribution < -0.4 is 0 Å². The lowest BCUT2D eigenvalue weighted by Gasteiger charge is -2.08. The van der Waals surface area contributed by atoms with Gasteiger partial charge < -0.3 is 9.47 Å². The van der Waals surface area contributed by atoms with E-state index in [1.165, 1.54) is 218 Å². The first kappa shape index (κ1) is 55.6. The normalized spacial score (nSPS) is 11.9. The van der Waals surface area contributed by atoms with Crippen LogP contribution in [0.5, 0.6) is 0 Å². The summed E-state index contributed by atoms with van der Waals surface area (Å²) in [5.74, 6) is -1.70. The maximum atomic E-state index is 12.9. The van der Waals surface area contributed by atoms with Crippen LogP contribution in [0.2, 0.25) is 0 Å². The summed E-state index contributed by atoms with van der Waals surface area (Å²) >= 11 is 0. The van der Waals surface area contributed by atoms with Gasteiger partial charge in [-0.1, -0.05) is 232 Å². The van der Waals surface area contributed by atoms with E-state index in [9.17, 15) is 22.6 Å². The predicted molar refractivity (Wildman–Crippen MR) is 252 cm³/mol. The smallest absolute Gasteiger partial charge is 0.343 e. The molecule has 0 radical (unpaired) electrons. The Bertz CT molecular complexity index is 1340. The van der Waals surface area contributed by atoms with Crippen LogP contribution in [0, 0.1) is 0 Å². The first-order chi connectivity index (χ1) is 29.3. The first-order valence-corrected chi connectivity index (χ1v) is 26.6. The highest BCUT2D eigenvalue weighted by atomic mass is 32.2. The second-order valence-electron chi connectivity index (χ2n) is 17.3. The number of carbonyl (C=O) groups excluding carboxylic acids is 2. The molecule has 0 spiro atoms. The third-order valence-corrected chi connectivity index (χ3v) is 12.6. The molecule has 346 valence electrons. The maximum Gasteiger partial charge on any atom is 0.343 e. The minimum absolute atomic E-state index is 0.137. The standard InChI is InChI=1S/C52H90O7S/c1-3-5-7-9-11-13-15-17-19-21-23-25-27-29-31-33-35-37-39-41-45-58-51(53)49-44-43-48(60(55,56)57)47-50(49)52(54)59-46-42-40-38-36-34-32-30-28-26-24-22-20-18-16-14-12-10-8-6-4-2/h41-47H,3-40H2,1-2H3,(H,55,56,57)/b45-41+,46-42+. The Labute approximate surface area is 369 Å². The first-order valence-electron chi connectivity index (χ1n) is 25.1. The minimum atomic E-state index is -4.60. The number of unbranched alkanes of at least 4 members (excludes halogenated alkanes) is 36. The topological polar surface area (TPSA) is 107 Å². The highest BCUT2D eigenvalue weighted by molar-refractivity contribution is 7.85. The molecule has 1 aromatic carbocycles. The third-order valence-electron chi connectivity index (χ3n) is 11.7. The van der Waals surface area contributed by atoms with Gasteiger partial charge in [-0.25, -0.2) is 9.59 Å². The van der Waals surface area contributed by atoms with Crippen molar-refractivity contribution >= 4 is 22.1 Å². The summed E-state index contributed by atoms with van der Waals surface area (Å²) in [5, 5.41) is 0. The van der Waals surface area contributed by atoms with Gasteiger partial charge in [0.1, 0.15) is 0 Å². The molecular formula is C52H90O7S. The molecule has 1 rings (SSSR count). The van der Waals surface area contributed by atoms with E-state index in [-0.39, 0.29) is 11.1 Å². The Balaban J connectivity index is 2.19. The van der Waals surface area contributed by atoms with Crippen LogP contribution in [-0.4, -0.2) is 24.9 Å². The van der Waals surface area contributed by atoms with E-state index in [1.54, 1.807) is 12.2 Å². The van der Waals surface area contributed by atoms with Crippen LogP contribution in [0.1, 0.15) is 279 Å². The van der Waals surface area contributed by atoms with Gasteiger partial charge in [-0.2, -0.15) is 8.42 Å². The van der Waals surface area contributed by atoms with Crippen molar-refractivity contribution in [1.29, 1.82) is 0 Å². The number of ether oxygens (including phenoxy) is 2. The number of carbonyl (C=O) groups is 2. The molecule has 1 N–H and O–H groups in total. The van der Waals surface area contributed by atoms with Crippen LogP contribution in [0.4, 0.5) is 0 Å². The number of esters is 2. The van der Waals surface area contributed by atoms with Crippen molar-refractivity contribution in [2.45, 2.75) is 263 Å². The van der Waals surface area contributed by atoms with Crippen LogP contribution in [0.25, 0.3) is 0 Å². The highest BCUT2D eigenvalue weighted by Gasteiger charge is 2.23. The van der Waals surface area contributed by atoms with Crippen LogP contribution >= 0.6 is 0 Å². The van der Waals surface area contributed by atoms with Crippen molar-refractivity contribution in [3.05, 3.63) is 54.0 Å². The van der Waals surface area contributed by atoms with Gasteiger partial charge in [-0.3, -0.25) is 4.55 Å². The molecule has 0 aliphatic heterocycles. The molecule has 0 heterocycles. The maximum absolute atomic E-state index is 12.9. The van der Waals surface area contributed by atoms with Crippen molar-refractivity contribution < 1.29 is 32.0 Å². The molecule has 0 unspecified atom stereocenters. The Morgan fingerprint density at radius 2 is 0.700 bits per heavy atom. The number of hydrogen-bond acceptors (Lipinski definition) is 6. The second-order valence-corrected chi connectivity index (χ2v) is 18.8. The molecule has 8 heteroatoms. The molecule has 0 saturated heterocycles. The molecule has 0 amide bonds. The number of allylic oxidation sites excluding steroid dienone is 2. The molecule has 0 saturated carbocycles. The predicted octanol–water partition coefficient (Wildman–Crippen LogP) is 17.1. The Morgan fingerprint density at radius 1 is 0.433 bits per heavy atom. The van der Waals surface area contributed by atoms with E-state index in [0.29, 0.717) is 0 Å². The van der Waals surface area contributed by atoms with Crippen molar-refractivity contribution in [3.8, 4) is 0 Å². The molecule has 7 nitrogen and oxygen atoms in total. The van der Waals surface area contributed by atoms with E-state index >= 15 is 0 Å². The lowest BCUT2D eigenvalue weighted by molar-refractivity contribution is 0.0617. The summed E-state index contributed by atoms with van der Waals surface area (Å²) in [5.41, 5.74) is -0.424. The zero-order valence-corrected chi connectivity index (χ0v) is 39.5. The average Bonchev–Trinajstić information content (AvgIpc) is 3.24. The van der Waals surface area contributed by atoms with Gasteiger partial charge >= 0.3 is 11.9 Å². The Hall–Kier alpha value is -2.45. The van der Waals surface area contributed by atoms with Gasteiger partial charge in [-0.05, 0) is 56.0 Å². The molecule has 0 aliphatic carbocycles. The summed E-state index contributed by atoms with van der Waals surface area (Å²) in [4.78, 5) is 25.3. The highest BCUT2D eigenvalue weighted by Crippen LogP contribution is 2.20.